The van der Waals surface area contributed by atoms with E-state index in [0.717, 1.165) is 0 Å². The van der Waals surface area contributed by atoms with Gasteiger partial charge in [0, 0.05) is 35.7 Å². The van der Waals surface area contributed by atoms with E-state index in [9.17, 15) is 14.4 Å². The molecule has 42 heavy (non-hydrogen) atoms. The van der Waals surface area contributed by atoms with Gasteiger partial charge >= 0.3 is 0 Å². The highest BCUT2D eigenvalue weighted by Crippen LogP contribution is 2.54. The van der Waals surface area contributed by atoms with Crippen molar-refractivity contribution in [2.24, 2.45) is 5.92 Å². The molecule has 0 fully saturated rings. The highest BCUT2D eigenvalue weighted by Gasteiger charge is 2.63. The molecule has 2 aliphatic rings. The average Bonchev–Trinajstić information content (AvgIpc) is 3.52. The van der Waals surface area contributed by atoms with E-state index in [1.165, 1.54) is 20.3 Å². The van der Waals surface area contributed by atoms with Gasteiger partial charge < -0.3 is 23.9 Å². The molecule has 2 aromatic carbocycles. The molecule has 4 aromatic rings. The zero-order valence-electron chi connectivity index (χ0n) is 23.2. The Morgan fingerprint density at radius 3 is 2.45 bits per heavy atom. The molecule has 2 aromatic heterocycles. The molecular weight excluding hydrogens is 560 g/mol. The van der Waals surface area contributed by atoms with Crippen molar-refractivity contribution in [1.82, 2.24) is 10.3 Å². The van der Waals surface area contributed by atoms with Gasteiger partial charge in [0.1, 0.15) is 33.6 Å². The number of halogens is 1. The van der Waals surface area contributed by atoms with E-state index < -0.39 is 23.1 Å². The van der Waals surface area contributed by atoms with Crippen molar-refractivity contribution >= 4 is 29.1 Å². The molecule has 0 bridgehead atoms. The molecule has 1 spiro atoms. The zero-order chi connectivity index (χ0) is 29.6. The number of nitrogens with zero attached hydrogens (tertiary/aromatic N) is 1. The van der Waals surface area contributed by atoms with Crippen LogP contribution < -0.4 is 19.5 Å². The van der Waals surface area contributed by atoms with Crippen LogP contribution in [0.1, 0.15) is 44.7 Å². The van der Waals surface area contributed by atoms with Crippen LogP contribution in [-0.4, -0.2) is 42.3 Å². The molecule has 0 radical (unpaired) electrons. The SMILES string of the molecule is COc1cc(OC)c2c(c1Cl)O[C@@]1(C(=O)c3c(oc(-c4ccccc4)c3CC(=O)NCc3ccccn3)C[C@H]1C)C2=O. The molecule has 1 N–H and O–H groups in total. The van der Waals surface area contributed by atoms with Crippen LogP contribution in [0.5, 0.6) is 17.2 Å². The maximum atomic E-state index is 14.6. The first-order valence-corrected chi connectivity index (χ1v) is 13.8. The third-order valence-electron chi connectivity index (χ3n) is 7.81. The third kappa shape index (κ3) is 4.23. The number of benzene rings is 2. The second kappa shape index (κ2) is 10.6. The maximum Gasteiger partial charge on any atom is 0.237 e. The van der Waals surface area contributed by atoms with Gasteiger partial charge in [0.15, 0.2) is 5.75 Å². The van der Waals surface area contributed by atoms with Crippen molar-refractivity contribution in [2.45, 2.75) is 31.9 Å². The average molecular weight is 587 g/mol. The van der Waals surface area contributed by atoms with Crippen molar-refractivity contribution in [3.05, 3.63) is 94.0 Å². The van der Waals surface area contributed by atoms with Crippen molar-refractivity contribution in [3.63, 3.8) is 0 Å². The lowest BCUT2D eigenvalue weighted by Crippen LogP contribution is -2.56. The molecule has 3 heterocycles. The summed E-state index contributed by atoms with van der Waals surface area (Å²) in [7, 11) is 2.84. The summed E-state index contributed by atoms with van der Waals surface area (Å²) < 4.78 is 23.4. The number of ketones is 2. The minimum atomic E-state index is -1.92. The number of aromatic nitrogens is 1. The third-order valence-corrected chi connectivity index (χ3v) is 8.17. The minimum absolute atomic E-state index is 0.0305. The molecule has 0 saturated carbocycles. The van der Waals surface area contributed by atoms with Gasteiger partial charge in [-0.05, 0) is 12.1 Å². The quantitative estimate of drug-likeness (QED) is 0.292. The van der Waals surface area contributed by atoms with Gasteiger partial charge in [-0.2, -0.15) is 0 Å². The highest BCUT2D eigenvalue weighted by molar-refractivity contribution is 6.36. The Morgan fingerprint density at radius 2 is 1.76 bits per heavy atom. The zero-order valence-corrected chi connectivity index (χ0v) is 23.9. The van der Waals surface area contributed by atoms with E-state index in [2.05, 4.69) is 10.3 Å². The van der Waals surface area contributed by atoms with E-state index in [1.807, 2.05) is 36.4 Å². The fourth-order valence-corrected chi connectivity index (χ4v) is 6.00. The number of methoxy groups -OCH3 is 2. The lowest BCUT2D eigenvalue weighted by molar-refractivity contribution is -0.120. The number of rotatable bonds is 7. The molecule has 6 rings (SSSR count). The van der Waals surface area contributed by atoms with Crippen molar-refractivity contribution in [1.29, 1.82) is 0 Å². The van der Waals surface area contributed by atoms with Crippen LogP contribution in [0.15, 0.2) is 65.2 Å². The van der Waals surface area contributed by atoms with E-state index >= 15 is 0 Å². The van der Waals surface area contributed by atoms with Crippen LogP contribution in [0.3, 0.4) is 0 Å². The number of hydrogen-bond donors (Lipinski definition) is 1. The van der Waals surface area contributed by atoms with Gasteiger partial charge in [0.05, 0.1) is 38.4 Å². The fraction of sp³-hybridized carbons (Fsp3) is 0.250. The number of carbonyl (C=O) groups excluding carboxylic acids is 3. The first kappa shape index (κ1) is 27.5. The molecule has 214 valence electrons. The van der Waals surface area contributed by atoms with E-state index in [0.29, 0.717) is 28.3 Å². The summed E-state index contributed by atoms with van der Waals surface area (Å²) in [6.45, 7) is 1.97. The number of fused-ring (bicyclic) bond motifs is 2. The summed E-state index contributed by atoms with van der Waals surface area (Å²) >= 11 is 6.57. The smallest absolute Gasteiger partial charge is 0.237 e. The minimum Gasteiger partial charge on any atom is -0.496 e. The van der Waals surface area contributed by atoms with E-state index in [1.54, 1.807) is 25.3 Å². The van der Waals surface area contributed by atoms with Crippen LogP contribution in [0, 0.1) is 5.92 Å². The molecule has 0 saturated heterocycles. The number of hydrogen-bond acceptors (Lipinski definition) is 8. The van der Waals surface area contributed by atoms with Crippen LogP contribution in [0.4, 0.5) is 0 Å². The first-order valence-electron chi connectivity index (χ1n) is 13.4. The number of amides is 1. The Hall–Kier alpha value is -4.63. The van der Waals surface area contributed by atoms with Crippen LogP contribution >= 0.6 is 11.6 Å². The van der Waals surface area contributed by atoms with Gasteiger partial charge in [-0.3, -0.25) is 19.4 Å². The van der Waals surface area contributed by atoms with E-state index in [-0.39, 0.29) is 58.7 Å². The summed E-state index contributed by atoms with van der Waals surface area (Å²) in [6.07, 6.45) is 1.70. The second-order valence-corrected chi connectivity index (χ2v) is 10.6. The summed E-state index contributed by atoms with van der Waals surface area (Å²) in [5.74, 6) is -0.855. The number of pyridine rings is 1. The lowest BCUT2D eigenvalue weighted by atomic mass is 9.70. The predicted molar refractivity (Wildman–Crippen MR) is 153 cm³/mol. The van der Waals surface area contributed by atoms with Crippen molar-refractivity contribution in [2.75, 3.05) is 14.2 Å². The number of Topliss-reactive ketones (excluding diaryl/α,β-unsaturated/α-hetero) is 2. The van der Waals surface area contributed by atoms with E-state index in [4.69, 9.17) is 30.2 Å². The number of furan rings is 1. The van der Waals surface area contributed by atoms with Gasteiger partial charge in [-0.25, -0.2) is 0 Å². The molecule has 9 nitrogen and oxygen atoms in total. The number of ether oxygens (including phenoxy) is 3. The molecule has 2 atom stereocenters. The first-order chi connectivity index (χ1) is 20.3. The Kier molecular flexibility index (Phi) is 6.98. The topological polar surface area (TPSA) is 117 Å². The Morgan fingerprint density at radius 1 is 1.05 bits per heavy atom. The molecule has 0 unspecified atom stereocenters. The van der Waals surface area contributed by atoms with Gasteiger partial charge in [0.2, 0.25) is 23.1 Å². The lowest BCUT2D eigenvalue weighted by Gasteiger charge is -2.35. The Balaban J connectivity index is 1.44. The molecular formula is C32H27ClN2O7. The maximum absolute atomic E-state index is 14.6. The van der Waals surface area contributed by atoms with Crippen molar-refractivity contribution in [3.8, 4) is 28.6 Å². The van der Waals surface area contributed by atoms with Gasteiger partial charge in [0.25, 0.3) is 0 Å². The largest absolute Gasteiger partial charge is 0.496 e. The summed E-state index contributed by atoms with van der Waals surface area (Å²) in [5.41, 5.74) is 0.0994. The molecule has 10 heteroatoms. The van der Waals surface area contributed by atoms with Crippen molar-refractivity contribution < 1.29 is 33.0 Å². The van der Waals surface area contributed by atoms with Crippen LogP contribution in [-0.2, 0) is 24.2 Å². The Bertz CT molecular complexity index is 1720. The monoisotopic (exact) mass is 586 g/mol. The van der Waals surface area contributed by atoms with Crippen LogP contribution in [0.2, 0.25) is 5.02 Å². The fourth-order valence-electron chi connectivity index (χ4n) is 5.74. The van der Waals surface area contributed by atoms with Crippen LogP contribution in [0.25, 0.3) is 11.3 Å². The second-order valence-electron chi connectivity index (χ2n) is 10.2. The summed E-state index contributed by atoms with van der Waals surface area (Å²) in [6, 6.07) is 16.2. The normalized spacial score (nSPS) is 18.8. The molecule has 1 amide bonds. The summed E-state index contributed by atoms with van der Waals surface area (Å²) in [4.78, 5) is 46.2. The van der Waals surface area contributed by atoms with Gasteiger partial charge in [-0.1, -0.05) is 54.9 Å². The molecule has 1 aliphatic heterocycles. The highest BCUT2D eigenvalue weighted by atomic mass is 35.5. The molecule has 1 aliphatic carbocycles. The van der Waals surface area contributed by atoms with Gasteiger partial charge in [-0.15, -0.1) is 0 Å². The number of carbonyl (C=O) groups is 3. The Labute approximate surface area is 246 Å². The number of nitrogens with one attached hydrogen (secondary N) is 1. The summed E-state index contributed by atoms with van der Waals surface area (Å²) in [5, 5.41) is 2.93. The predicted octanol–water partition coefficient (Wildman–Crippen LogP) is 5.26. The standard InChI is InChI=1S/C32H27ClN2O7/c1-17-13-22-25(30(37)32(17)31(38)26-21(39-2)15-23(40-3)27(33)29(26)42-32)20(28(41-22)18-9-5-4-6-10-18)14-24(36)35-16-19-11-7-8-12-34-19/h4-12,15,17H,13-14,16H2,1-3H3,(H,35,36)/t17-,32+/m1/s1.